The van der Waals surface area contributed by atoms with Crippen molar-refractivity contribution in [2.24, 2.45) is 0 Å². The number of nitrogens with zero attached hydrogens (tertiary/aromatic N) is 1. The molecule has 0 aliphatic carbocycles. The van der Waals surface area contributed by atoms with E-state index in [1.54, 1.807) is 18.2 Å². The highest BCUT2D eigenvalue weighted by Gasteiger charge is 2.11. The first-order chi connectivity index (χ1) is 7.72. The summed E-state index contributed by atoms with van der Waals surface area (Å²) in [7, 11) is 1.45. The lowest BCUT2D eigenvalue weighted by Crippen LogP contribution is -2.26. The van der Waals surface area contributed by atoms with Gasteiger partial charge in [0, 0.05) is 18.7 Å². The zero-order chi connectivity index (χ0) is 12.0. The SMILES string of the molecule is CCN(CCO)Cc1cccc(OC)c1F. The molecule has 0 aliphatic heterocycles. The van der Waals surface area contributed by atoms with E-state index in [2.05, 4.69) is 0 Å². The van der Waals surface area contributed by atoms with Crippen molar-refractivity contribution in [3.8, 4) is 5.75 Å². The Morgan fingerprint density at radius 2 is 2.19 bits per heavy atom. The van der Waals surface area contributed by atoms with Crippen LogP contribution >= 0.6 is 0 Å². The molecule has 1 rings (SSSR count). The maximum Gasteiger partial charge on any atom is 0.169 e. The Morgan fingerprint density at radius 1 is 1.44 bits per heavy atom. The first-order valence-corrected chi connectivity index (χ1v) is 5.37. The second-order valence-electron chi connectivity index (χ2n) is 3.53. The van der Waals surface area contributed by atoms with Crippen LogP contribution in [-0.4, -0.2) is 36.8 Å². The summed E-state index contributed by atoms with van der Waals surface area (Å²) in [6.45, 7) is 3.87. The zero-order valence-corrected chi connectivity index (χ0v) is 9.74. The van der Waals surface area contributed by atoms with Gasteiger partial charge in [-0.25, -0.2) is 4.39 Å². The molecule has 0 fully saturated rings. The van der Waals surface area contributed by atoms with Crippen molar-refractivity contribution in [3.05, 3.63) is 29.6 Å². The second kappa shape index (κ2) is 6.45. The Bertz CT molecular complexity index is 331. The molecule has 0 radical (unpaired) electrons. The molecular weight excluding hydrogens is 209 g/mol. The van der Waals surface area contributed by atoms with Crippen LogP contribution in [0.25, 0.3) is 0 Å². The molecule has 0 heterocycles. The normalized spacial score (nSPS) is 10.8. The molecule has 16 heavy (non-hydrogen) atoms. The van der Waals surface area contributed by atoms with Crippen molar-refractivity contribution >= 4 is 0 Å². The van der Waals surface area contributed by atoms with Gasteiger partial charge in [0.25, 0.3) is 0 Å². The molecule has 0 aliphatic rings. The van der Waals surface area contributed by atoms with Crippen molar-refractivity contribution in [2.75, 3.05) is 26.8 Å². The molecule has 0 spiro atoms. The number of hydrogen-bond donors (Lipinski definition) is 1. The first kappa shape index (κ1) is 12.9. The van der Waals surface area contributed by atoms with E-state index in [9.17, 15) is 4.39 Å². The van der Waals surface area contributed by atoms with Gasteiger partial charge in [0.2, 0.25) is 0 Å². The molecule has 0 saturated carbocycles. The van der Waals surface area contributed by atoms with Crippen LogP contribution in [0, 0.1) is 5.82 Å². The molecule has 0 atom stereocenters. The standard InChI is InChI=1S/C12H18FNO2/c1-3-14(7-8-15)9-10-5-4-6-11(16-2)12(10)13/h4-6,15H,3,7-9H2,1-2H3. The molecule has 0 bridgehead atoms. The third-order valence-electron chi connectivity index (χ3n) is 2.52. The number of aliphatic hydroxyl groups excluding tert-OH is 1. The Hall–Kier alpha value is -1.13. The van der Waals surface area contributed by atoms with Gasteiger partial charge in [-0.3, -0.25) is 4.90 Å². The smallest absolute Gasteiger partial charge is 0.169 e. The van der Waals surface area contributed by atoms with Crippen LogP contribution in [0.1, 0.15) is 12.5 Å². The van der Waals surface area contributed by atoms with Crippen molar-refractivity contribution in [2.45, 2.75) is 13.5 Å². The van der Waals surface area contributed by atoms with Crippen molar-refractivity contribution < 1.29 is 14.2 Å². The maximum absolute atomic E-state index is 13.8. The summed E-state index contributed by atoms with van der Waals surface area (Å²) in [5.74, 6) is -0.0565. The van der Waals surface area contributed by atoms with E-state index in [-0.39, 0.29) is 18.2 Å². The fourth-order valence-corrected chi connectivity index (χ4v) is 1.57. The first-order valence-electron chi connectivity index (χ1n) is 5.37. The Morgan fingerprint density at radius 3 is 2.75 bits per heavy atom. The van der Waals surface area contributed by atoms with Crippen LogP contribution in [0.2, 0.25) is 0 Å². The topological polar surface area (TPSA) is 32.7 Å². The van der Waals surface area contributed by atoms with Crippen LogP contribution < -0.4 is 4.74 Å². The molecule has 1 aromatic rings. The molecule has 1 aromatic carbocycles. The predicted octanol–water partition coefficient (Wildman–Crippen LogP) is 1.65. The molecule has 4 heteroatoms. The number of likely N-dealkylation sites (N-methyl/N-ethyl adjacent to an activating group) is 1. The highest BCUT2D eigenvalue weighted by Crippen LogP contribution is 2.20. The van der Waals surface area contributed by atoms with Gasteiger partial charge in [0.1, 0.15) is 0 Å². The lowest BCUT2D eigenvalue weighted by Gasteiger charge is -2.19. The van der Waals surface area contributed by atoms with E-state index < -0.39 is 0 Å². The van der Waals surface area contributed by atoms with Gasteiger partial charge in [-0.2, -0.15) is 0 Å². The number of benzene rings is 1. The molecule has 3 nitrogen and oxygen atoms in total. The van der Waals surface area contributed by atoms with E-state index >= 15 is 0 Å². The van der Waals surface area contributed by atoms with E-state index in [0.29, 0.717) is 18.7 Å². The van der Waals surface area contributed by atoms with Crippen LogP contribution in [0.4, 0.5) is 4.39 Å². The highest BCUT2D eigenvalue weighted by molar-refractivity contribution is 5.30. The van der Waals surface area contributed by atoms with Crippen molar-refractivity contribution in [1.29, 1.82) is 0 Å². The highest BCUT2D eigenvalue weighted by atomic mass is 19.1. The van der Waals surface area contributed by atoms with Gasteiger partial charge in [-0.15, -0.1) is 0 Å². The fraction of sp³-hybridized carbons (Fsp3) is 0.500. The quantitative estimate of drug-likeness (QED) is 0.802. The Kier molecular flexibility index (Phi) is 5.22. The van der Waals surface area contributed by atoms with Crippen molar-refractivity contribution in [3.63, 3.8) is 0 Å². The minimum absolute atomic E-state index is 0.0828. The lowest BCUT2D eigenvalue weighted by atomic mass is 10.2. The molecular formula is C12H18FNO2. The third-order valence-corrected chi connectivity index (χ3v) is 2.52. The fourth-order valence-electron chi connectivity index (χ4n) is 1.57. The number of halogens is 1. The van der Waals surface area contributed by atoms with Crippen molar-refractivity contribution in [1.82, 2.24) is 4.90 Å². The van der Waals surface area contributed by atoms with Crippen LogP contribution in [0.3, 0.4) is 0 Å². The van der Waals surface area contributed by atoms with E-state index in [1.165, 1.54) is 7.11 Å². The lowest BCUT2D eigenvalue weighted by molar-refractivity contribution is 0.195. The van der Waals surface area contributed by atoms with Gasteiger partial charge >= 0.3 is 0 Å². The number of aliphatic hydroxyl groups is 1. The van der Waals surface area contributed by atoms with Crippen LogP contribution in [0.5, 0.6) is 5.75 Å². The summed E-state index contributed by atoms with van der Waals surface area (Å²) in [5.41, 5.74) is 0.592. The third kappa shape index (κ3) is 3.18. The predicted molar refractivity (Wildman–Crippen MR) is 61.0 cm³/mol. The van der Waals surface area contributed by atoms with Gasteiger partial charge in [-0.1, -0.05) is 19.1 Å². The summed E-state index contributed by atoms with van der Waals surface area (Å²) in [6.07, 6.45) is 0. The van der Waals surface area contributed by atoms with Gasteiger partial charge in [-0.05, 0) is 12.6 Å². The molecule has 0 amide bonds. The van der Waals surface area contributed by atoms with Gasteiger partial charge in [0.15, 0.2) is 11.6 Å². The minimum atomic E-state index is -0.318. The maximum atomic E-state index is 13.8. The van der Waals surface area contributed by atoms with Crippen LogP contribution in [-0.2, 0) is 6.54 Å². The largest absolute Gasteiger partial charge is 0.494 e. The Labute approximate surface area is 95.5 Å². The summed E-state index contributed by atoms with van der Waals surface area (Å²) in [4.78, 5) is 1.97. The number of rotatable bonds is 6. The number of methoxy groups -OCH3 is 1. The minimum Gasteiger partial charge on any atom is -0.494 e. The molecule has 0 saturated heterocycles. The summed E-state index contributed by atoms with van der Waals surface area (Å²) in [6, 6.07) is 5.10. The molecule has 90 valence electrons. The molecule has 1 N–H and O–H groups in total. The average molecular weight is 227 g/mol. The second-order valence-corrected chi connectivity index (χ2v) is 3.53. The van der Waals surface area contributed by atoms with E-state index in [1.807, 2.05) is 11.8 Å². The van der Waals surface area contributed by atoms with E-state index in [0.717, 1.165) is 6.54 Å². The summed E-state index contributed by atoms with van der Waals surface area (Å²) >= 11 is 0. The molecule has 0 unspecified atom stereocenters. The van der Waals surface area contributed by atoms with Crippen LogP contribution in [0.15, 0.2) is 18.2 Å². The van der Waals surface area contributed by atoms with E-state index in [4.69, 9.17) is 9.84 Å². The monoisotopic (exact) mass is 227 g/mol. The van der Waals surface area contributed by atoms with Gasteiger partial charge in [0.05, 0.1) is 13.7 Å². The number of hydrogen-bond acceptors (Lipinski definition) is 3. The summed E-state index contributed by atoms with van der Waals surface area (Å²) < 4.78 is 18.7. The number of ether oxygens (including phenoxy) is 1. The van der Waals surface area contributed by atoms with Gasteiger partial charge < -0.3 is 9.84 Å². The zero-order valence-electron chi connectivity index (χ0n) is 9.74. The Balaban J connectivity index is 2.79. The summed E-state index contributed by atoms with van der Waals surface area (Å²) in [5, 5.41) is 8.86. The average Bonchev–Trinajstić information content (AvgIpc) is 2.31. The molecule has 0 aromatic heterocycles.